The van der Waals surface area contributed by atoms with Gasteiger partial charge < -0.3 is 36.2 Å². The third-order valence-corrected chi connectivity index (χ3v) is 29.0. The average Bonchev–Trinajstić information content (AvgIpc) is 0.756. The van der Waals surface area contributed by atoms with Crippen LogP contribution in [0.3, 0.4) is 0 Å². The van der Waals surface area contributed by atoms with Crippen molar-refractivity contribution < 1.29 is 40.7 Å². The molecule has 3 unspecified atom stereocenters. The third-order valence-electron chi connectivity index (χ3n) is 25.7. The lowest BCUT2D eigenvalue weighted by atomic mass is 9.74. The fourth-order valence-corrected chi connectivity index (χ4v) is 20.8. The zero-order valence-corrected chi connectivity index (χ0v) is 87.6. The summed E-state index contributed by atoms with van der Waals surface area (Å²) in [6, 6.07) is 40.5. The highest BCUT2D eigenvalue weighted by Gasteiger charge is 2.35. The molecule has 0 amide bonds. The summed E-state index contributed by atoms with van der Waals surface area (Å²) < 4.78 is 63.8. The summed E-state index contributed by atoms with van der Waals surface area (Å²) in [5.74, 6) is 4.79. The van der Waals surface area contributed by atoms with E-state index < -0.39 is 25.8 Å². The molecule has 127 heavy (non-hydrogen) atoms. The maximum Gasteiger partial charge on any atom is 0.530 e. The third kappa shape index (κ3) is 45.7. The van der Waals surface area contributed by atoms with Gasteiger partial charge in [0.1, 0.15) is 34.5 Å². The van der Waals surface area contributed by atoms with Crippen molar-refractivity contribution in [1.82, 2.24) is 0 Å². The van der Waals surface area contributed by atoms with E-state index in [-0.39, 0.29) is 28.1 Å². The first-order valence-corrected chi connectivity index (χ1v) is 55.8. The average molecular weight is 1810 g/mol. The predicted octanol–water partition coefficient (Wildman–Crippen LogP) is 39.4. The molecule has 6 aromatic rings. The molecule has 0 aliphatic heterocycles. The van der Waals surface area contributed by atoms with Crippen molar-refractivity contribution in [2.45, 2.75) is 494 Å². The summed E-state index contributed by atoms with van der Waals surface area (Å²) in [4.78, 5) is 0. The van der Waals surface area contributed by atoms with Gasteiger partial charge in [0.25, 0.3) is 0 Å². The summed E-state index contributed by atoms with van der Waals surface area (Å²) >= 11 is 0. The molecule has 0 aliphatic rings. The largest absolute Gasteiger partial charge is 0.530 e. The van der Waals surface area contributed by atoms with E-state index in [1.54, 1.807) is 0 Å². The maximum absolute atomic E-state index is 7.38. The lowest BCUT2D eigenvalue weighted by Gasteiger charge is -2.33. The summed E-state index contributed by atoms with van der Waals surface area (Å²) in [7, 11) is -5.52. The first-order chi connectivity index (χ1) is 61.4. The monoisotopic (exact) mass is 1810 g/mol. The molecule has 12 heteroatoms. The van der Waals surface area contributed by atoms with E-state index >= 15 is 0 Å². The van der Waals surface area contributed by atoms with Crippen LogP contribution in [-0.4, -0.2) is 19.8 Å². The molecule has 0 saturated heterocycles. The van der Waals surface area contributed by atoms with Crippen LogP contribution in [0.2, 0.25) is 0 Å². The molecule has 0 aliphatic carbocycles. The highest BCUT2D eigenvalue weighted by molar-refractivity contribution is 7.43. The predicted molar refractivity (Wildman–Crippen MR) is 553 cm³/mol. The van der Waals surface area contributed by atoms with Crippen molar-refractivity contribution in [2.75, 3.05) is 19.8 Å². The Morgan fingerprint density at radius 1 is 0.252 bits per heavy atom. The zero-order chi connectivity index (χ0) is 91.8. The molecule has 3 atom stereocenters. The quantitative estimate of drug-likeness (QED) is 0.0274. The first-order valence-electron chi connectivity index (χ1n) is 52.5. The number of hydrogen-bond donors (Lipinski definition) is 0. The van der Waals surface area contributed by atoms with Crippen LogP contribution in [0.15, 0.2) is 109 Å². The van der Waals surface area contributed by atoms with Crippen LogP contribution in [0.1, 0.15) is 504 Å². The van der Waals surface area contributed by atoms with Crippen LogP contribution in [0.4, 0.5) is 0 Å². The van der Waals surface area contributed by atoms with Gasteiger partial charge in [-0.05, 0) is 212 Å². The van der Waals surface area contributed by atoms with Gasteiger partial charge in [-0.25, -0.2) is 0 Å². The molecule has 9 nitrogen and oxygen atoms in total. The van der Waals surface area contributed by atoms with Gasteiger partial charge in [0.2, 0.25) is 0 Å². The Morgan fingerprint density at radius 2 is 0.488 bits per heavy atom. The highest BCUT2D eigenvalue weighted by atomic mass is 31.2. The van der Waals surface area contributed by atoms with E-state index in [0.717, 1.165) is 134 Å². The Labute approximate surface area is 785 Å². The number of hydrogen-bond acceptors (Lipinski definition) is 9. The van der Waals surface area contributed by atoms with Crippen LogP contribution in [0.25, 0.3) is 0 Å². The van der Waals surface area contributed by atoms with Crippen molar-refractivity contribution in [2.24, 2.45) is 0 Å². The fourth-order valence-electron chi connectivity index (χ4n) is 17.8. The molecular formula is C115H187O9P3. The summed E-state index contributed by atoms with van der Waals surface area (Å²) in [6.45, 7) is 45.9. The van der Waals surface area contributed by atoms with Crippen molar-refractivity contribution in [3.8, 4) is 34.5 Å². The van der Waals surface area contributed by atoms with Gasteiger partial charge in [-0.1, -0.05) is 435 Å². The molecule has 0 N–H and O–H groups in total. The number of aryl methyl sites for hydroxylation is 6. The molecule has 0 spiro atoms. The standard InChI is InChI=1S/C115H187O9P3/c1-20-26-32-38-44-47-53-59-65-80-116-125(117-81-66-60-54-48-45-39-33-27-21-2)122-110-85-95(9)104(91-108(110)114(14,15)16)106(105-92-109(115(17,18)19)111(86-96(105)10)123-126(118-82-67-61-55-49-46-40-34-28-22-3)119-100-77-68-74-97(87-100)71-62-56-50-41-35-29-23-4)83-93(7)103-90-107(113(11,12)13)112(84-94(103)8)124-127(120-101-78-69-75-98(88-101)72-63-57-51-42-36-30-24-5)121-102-79-70-76-99(89-102)73-64-58-52-43-37-31-25-6/h68-70,74-79,84-93,106H,20-67,71-73,80-83H2,1-19H3. The summed E-state index contributed by atoms with van der Waals surface area (Å²) in [5, 5.41) is 0. The van der Waals surface area contributed by atoms with E-state index in [2.05, 4.69) is 241 Å². The maximum atomic E-state index is 7.38. The van der Waals surface area contributed by atoms with Gasteiger partial charge in [0.05, 0.1) is 19.8 Å². The van der Waals surface area contributed by atoms with Gasteiger partial charge in [0.15, 0.2) is 0 Å². The van der Waals surface area contributed by atoms with Crippen molar-refractivity contribution in [3.05, 3.63) is 176 Å². The Balaban J connectivity index is 1.46. The lowest BCUT2D eigenvalue weighted by molar-refractivity contribution is 0.197. The fraction of sp³-hybridized carbons (Fsp3) is 0.687. The molecule has 0 bridgehead atoms. The van der Waals surface area contributed by atoms with Crippen LogP contribution in [-0.2, 0) is 49.1 Å². The first kappa shape index (κ1) is 111. The van der Waals surface area contributed by atoms with Crippen molar-refractivity contribution >= 4 is 25.8 Å². The van der Waals surface area contributed by atoms with Gasteiger partial charge >= 0.3 is 25.8 Å². The smallest absolute Gasteiger partial charge is 0.426 e. The van der Waals surface area contributed by atoms with E-state index in [9.17, 15) is 0 Å². The number of rotatable bonds is 74. The Kier molecular flexibility index (Phi) is 56.8. The molecule has 0 saturated carbocycles. The van der Waals surface area contributed by atoms with E-state index in [1.807, 2.05) is 0 Å². The second kappa shape index (κ2) is 65.0. The molecule has 0 fully saturated rings. The topological polar surface area (TPSA) is 83.1 Å². The van der Waals surface area contributed by atoms with Gasteiger partial charge in [0, 0.05) is 22.6 Å². The lowest BCUT2D eigenvalue weighted by Crippen LogP contribution is -2.19. The summed E-state index contributed by atoms with van der Waals surface area (Å²) in [5.41, 5.74) is 13.7. The minimum atomic E-state index is -1.99. The minimum absolute atomic E-state index is 0.0708. The molecule has 6 rings (SSSR count). The van der Waals surface area contributed by atoms with Crippen LogP contribution >= 0.6 is 25.8 Å². The van der Waals surface area contributed by atoms with Crippen LogP contribution < -0.4 is 27.1 Å². The van der Waals surface area contributed by atoms with Crippen LogP contribution in [0, 0.1) is 20.8 Å². The second-order valence-corrected chi connectivity index (χ2v) is 44.0. The Morgan fingerprint density at radius 3 is 0.780 bits per heavy atom. The van der Waals surface area contributed by atoms with E-state index in [4.69, 9.17) is 40.7 Å². The molecule has 0 aromatic heterocycles. The van der Waals surface area contributed by atoms with E-state index in [1.165, 1.54) is 301 Å². The SMILES string of the molecule is CCCCCCCCCCCOP(OCCCCCCCCCCC)Oc1cc(C)c(C(CC(C)c2cc(C(C)(C)C)c(OP(Oc3cccc(CCCCCCCCC)c3)Oc3cccc(CCCCCCCCC)c3)cc2C)c2cc(C(C)(C)C)c(OP(OCCCCCCCCCCC)Oc3cccc(CCCCCCCCC)c3)cc2C)cc1C(C)(C)C. The number of benzene rings is 6. The molecule has 0 heterocycles. The summed E-state index contributed by atoms with van der Waals surface area (Å²) in [6.07, 6.45) is 64.5. The molecule has 0 radical (unpaired) electrons. The van der Waals surface area contributed by atoms with Gasteiger partial charge in [-0.2, -0.15) is 0 Å². The van der Waals surface area contributed by atoms with Crippen molar-refractivity contribution in [1.29, 1.82) is 0 Å². The molecular weight excluding hydrogens is 1620 g/mol. The van der Waals surface area contributed by atoms with Gasteiger partial charge in [-0.15, -0.1) is 0 Å². The molecule has 6 aromatic carbocycles. The molecule has 716 valence electrons. The Bertz CT molecular complexity index is 3740. The Hall–Kier alpha value is -4.71. The number of unbranched alkanes of at least 4 members (excludes halogenated alkanes) is 42. The minimum Gasteiger partial charge on any atom is -0.426 e. The normalized spacial score (nSPS) is 12.8. The second-order valence-electron chi connectivity index (χ2n) is 40.8. The van der Waals surface area contributed by atoms with Crippen LogP contribution in [0.5, 0.6) is 34.5 Å². The highest BCUT2D eigenvalue weighted by Crippen LogP contribution is 2.53. The van der Waals surface area contributed by atoms with Gasteiger partial charge in [-0.3, -0.25) is 4.52 Å². The zero-order valence-electron chi connectivity index (χ0n) is 85.0. The van der Waals surface area contributed by atoms with E-state index in [0.29, 0.717) is 19.8 Å². The van der Waals surface area contributed by atoms with Crippen molar-refractivity contribution in [3.63, 3.8) is 0 Å².